The molecule has 21 heavy (non-hydrogen) atoms. The number of fused-ring (bicyclic) bond motifs is 1. The third-order valence-corrected chi connectivity index (χ3v) is 3.45. The van der Waals surface area contributed by atoms with Crippen molar-refractivity contribution in [2.45, 2.75) is 12.6 Å². The van der Waals surface area contributed by atoms with Crippen molar-refractivity contribution >= 4 is 11.5 Å². The Bertz CT molecular complexity index is 710. The third-order valence-electron chi connectivity index (χ3n) is 3.45. The molecule has 0 spiro atoms. The zero-order valence-electron chi connectivity index (χ0n) is 10.9. The van der Waals surface area contributed by atoms with Crippen LogP contribution in [0.15, 0.2) is 36.7 Å². The number of pyridine rings is 1. The van der Waals surface area contributed by atoms with E-state index < -0.39 is 23.1 Å². The lowest BCUT2D eigenvalue weighted by Gasteiger charge is -2.11. The Hall–Kier alpha value is -2.37. The number of nitrogens with one attached hydrogen (secondary N) is 1. The van der Waals surface area contributed by atoms with Gasteiger partial charge in [0.25, 0.3) is 0 Å². The lowest BCUT2D eigenvalue weighted by Crippen LogP contribution is -2.14. The Morgan fingerprint density at radius 3 is 2.81 bits per heavy atom. The number of nitrogens with zero attached hydrogens (tertiary/aromatic N) is 1. The van der Waals surface area contributed by atoms with Gasteiger partial charge in [0.15, 0.2) is 5.78 Å². The van der Waals surface area contributed by atoms with Gasteiger partial charge in [-0.2, -0.15) is 13.2 Å². The number of halogens is 3. The molecule has 0 radical (unpaired) electrons. The highest BCUT2D eigenvalue weighted by Crippen LogP contribution is 2.33. The maximum Gasteiger partial charge on any atom is 0.417 e. The molecule has 3 rings (SSSR count). The number of hydrogen-bond acceptors (Lipinski definition) is 3. The smallest absolute Gasteiger partial charge is 0.384 e. The largest absolute Gasteiger partial charge is 0.417 e. The summed E-state index contributed by atoms with van der Waals surface area (Å²) in [6, 6.07) is 5.74. The zero-order chi connectivity index (χ0) is 15.0. The van der Waals surface area contributed by atoms with Gasteiger partial charge < -0.3 is 5.32 Å². The summed E-state index contributed by atoms with van der Waals surface area (Å²) in [5, 5.41) is 3.10. The average Bonchev–Trinajstić information content (AvgIpc) is 2.93. The number of carbonyl (C=O) groups is 1. The molecule has 1 aliphatic heterocycles. The first kappa shape index (κ1) is 13.6. The minimum atomic E-state index is -4.58. The molecule has 1 aromatic heterocycles. The van der Waals surface area contributed by atoms with Crippen LogP contribution in [0.4, 0.5) is 18.9 Å². The van der Waals surface area contributed by atoms with Gasteiger partial charge in [0.2, 0.25) is 0 Å². The lowest BCUT2D eigenvalue weighted by atomic mass is 9.98. The van der Waals surface area contributed by atoms with Crippen LogP contribution in [0, 0.1) is 0 Å². The first-order chi connectivity index (χ1) is 9.97. The van der Waals surface area contributed by atoms with Crippen LogP contribution in [0.2, 0.25) is 0 Å². The maximum atomic E-state index is 13.0. The van der Waals surface area contributed by atoms with E-state index in [4.69, 9.17) is 0 Å². The van der Waals surface area contributed by atoms with Gasteiger partial charge in [-0.05, 0) is 24.1 Å². The molecule has 1 N–H and O–H groups in total. The minimum absolute atomic E-state index is 0.224. The number of hydrogen-bond donors (Lipinski definition) is 1. The molecule has 0 saturated heterocycles. The SMILES string of the molecule is O=C(c1ccc2c(c1)NCC2)c1cnccc1C(F)(F)F. The van der Waals surface area contributed by atoms with Crippen LogP contribution in [0.5, 0.6) is 0 Å². The molecule has 3 nitrogen and oxygen atoms in total. The van der Waals surface area contributed by atoms with E-state index in [1.165, 1.54) is 0 Å². The van der Waals surface area contributed by atoms with Crippen molar-refractivity contribution < 1.29 is 18.0 Å². The van der Waals surface area contributed by atoms with Gasteiger partial charge in [0.05, 0.1) is 11.1 Å². The van der Waals surface area contributed by atoms with Crippen LogP contribution in [0.25, 0.3) is 0 Å². The van der Waals surface area contributed by atoms with E-state index in [0.717, 1.165) is 42.7 Å². The van der Waals surface area contributed by atoms with Gasteiger partial charge in [-0.15, -0.1) is 0 Å². The van der Waals surface area contributed by atoms with E-state index in [9.17, 15) is 18.0 Å². The van der Waals surface area contributed by atoms with Crippen molar-refractivity contribution in [3.8, 4) is 0 Å². The summed E-state index contributed by atoms with van der Waals surface area (Å²) in [4.78, 5) is 16.0. The molecule has 108 valence electrons. The van der Waals surface area contributed by atoms with Crippen molar-refractivity contribution in [3.05, 3.63) is 58.9 Å². The molecule has 2 heterocycles. The van der Waals surface area contributed by atoms with Crippen molar-refractivity contribution in [1.29, 1.82) is 0 Å². The molecule has 1 aromatic carbocycles. The summed E-state index contributed by atoms with van der Waals surface area (Å²) in [5.41, 5.74) is 0.702. The summed E-state index contributed by atoms with van der Waals surface area (Å²) >= 11 is 0. The summed E-state index contributed by atoms with van der Waals surface area (Å²) in [6.45, 7) is 0.771. The van der Waals surface area contributed by atoms with E-state index in [0.29, 0.717) is 0 Å². The van der Waals surface area contributed by atoms with E-state index in [1.54, 1.807) is 18.2 Å². The number of rotatable bonds is 2. The first-order valence-corrected chi connectivity index (χ1v) is 6.39. The maximum absolute atomic E-state index is 13.0. The summed E-state index contributed by atoms with van der Waals surface area (Å²) in [7, 11) is 0. The van der Waals surface area contributed by atoms with E-state index >= 15 is 0 Å². The molecular formula is C15H11F3N2O. The molecule has 0 amide bonds. The Morgan fingerprint density at radius 1 is 1.24 bits per heavy atom. The van der Waals surface area contributed by atoms with Crippen molar-refractivity contribution in [2.24, 2.45) is 0 Å². The van der Waals surface area contributed by atoms with Gasteiger partial charge in [0.1, 0.15) is 0 Å². The van der Waals surface area contributed by atoms with Crippen LogP contribution < -0.4 is 5.32 Å². The molecule has 6 heteroatoms. The van der Waals surface area contributed by atoms with E-state index in [-0.39, 0.29) is 5.56 Å². The second-order valence-corrected chi connectivity index (χ2v) is 4.80. The molecule has 0 bridgehead atoms. The zero-order valence-corrected chi connectivity index (χ0v) is 10.9. The van der Waals surface area contributed by atoms with Gasteiger partial charge in [-0.25, -0.2) is 0 Å². The predicted molar refractivity (Wildman–Crippen MR) is 71.3 cm³/mol. The van der Waals surface area contributed by atoms with Crippen LogP contribution >= 0.6 is 0 Å². The van der Waals surface area contributed by atoms with Gasteiger partial charge >= 0.3 is 6.18 Å². The number of alkyl halides is 3. The minimum Gasteiger partial charge on any atom is -0.384 e. The summed E-state index contributed by atoms with van der Waals surface area (Å²) in [5.74, 6) is -0.674. The molecule has 0 aliphatic carbocycles. The fourth-order valence-corrected chi connectivity index (χ4v) is 2.41. The second-order valence-electron chi connectivity index (χ2n) is 4.80. The molecule has 2 aromatic rings. The normalized spacial score (nSPS) is 13.7. The Morgan fingerprint density at radius 2 is 2.05 bits per heavy atom. The lowest BCUT2D eigenvalue weighted by molar-refractivity contribution is -0.137. The number of benzene rings is 1. The quantitative estimate of drug-likeness (QED) is 0.864. The van der Waals surface area contributed by atoms with Gasteiger partial charge in [-0.1, -0.05) is 12.1 Å². The summed E-state index contributed by atoms with van der Waals surface area (Å²) in [6.07, 6.45) is -1.73. The Kier molecular flexibility index (Phi) is 3.16. The highest BCUT2D eigenvalue weighted by Gasteiger charge is 2.35. The molecule has 0 unspecified atom stereocenters. The van der Waals surface area contributed by atoms with E-state index in [1.807, 2.05) is 0 Å². The van der Waals surface area contributed by atoms with Crippen molar-refractivity contribution in [1.82, 2.24) is 4.98 Å². The molecular weight excluding hydrogens is 281 g/mol. The Labute approximate surface area is 118 Å². The number of aromatic nitrogens is 1. The number of carbonyl (C=O) groups excluding carboxylic acids is 1. The predicted octanol–water partition coefficient (Wildman–Crippen LogP) is 3.30. The van der Waals surface area contributed by atoms with Crippen molar-refractivity contribution in [3.63, 3.8) is 0 Å². The third kappa shape index (κ3) is 2.49. The van der Waals surface area contributed by atoms with Gasteiger partial charge in [0, 0.05) is 30.2 Å². The van der Waals surface area contributed by atoms with Gasteiger partial charge in [-0.3, -0.25) is 9.78 Å². The number of anilines is 1. The first-order valence-electron chi connectivity index (χ1n) is 6.39. The highest BCUT2D eigenvalue weighted by atomic mass is 19.4. The van der Waals surface area contributed by atoms with Crippen LogP contribution in [0.1, 0.15) is 27.0 Å². The van der Waals surface area contributed by atoms with Crippen LogP contribution in [-0.2, 0) is 12.6 Å². The second kappa shape index (κ2) is 4.87. The molecule has 0 atom stereocenters. The van der Waals surface area contributed by atoms with Crippen molar-refractivity contribution in [2.75, 3.05) is 11.9 Å². The number of ketones is 1. The molecule has 0 fully saturated rings. The molecule has 1 aliphatic rings. The fourth-order valence-electron chi connectivity index (χ4n) is 2.41. The highest BCUT2D eigenvalue weighted by molar-refractivity contribution is 6.10. The standard InChI is InChI=1S/C15H11F3N2O/c16-15(17,18)12-4-5-19-8-11(12)14(21)10-2-1-9-3-6-20-13(9)7-10/h1-2,4-5,7-8,20H,3,6H2. The monoisotopic (exact) mass is 292 g/mol. The van der Waals surface area contributed by atoms with E-state index in [2.05, 4.69) is 10.3 Å². The summed E-state index contributed by atoms with van der Waals surface area (Å²) < 4.78 is 38.9. The van der Waals surface area contributed by atoms with Crippen LogP contribution in [0.3, 0.4) is 0 Å². The Balaban J connectivity index is 2.03. The van der Waals surface area contributed by atoms with Crippen LogP contribution in [-0.4, -0.2) is 17.3 Å². The average molecular weight is 292 g/mol. The fraction of sp³-hybridized carbons (Fsp3) is 0.200. The molecule has 0 saturated carbocycles. The topological polar surface area (TPSA) is 42.0 Å².